The number of guanidine groups is 1. The van der Waals surface area contributed by atoms with Gasteiger partial charge in [0, 0.05) is 19.5 Å². The van der Waals surface area contributed by atoms with Gasteiger partial charge in [0.1, 0.15) is 0 Å². The Kier molecular flexibility index (Phi) is 4.49. The monoisotopic (exact) mass is 293 g/mol. The molecule has 1 fully saturated rings. The number of β-lactam (4-membered cyclic amide) rings is 1. The highest BCUT2D eigenvalue weighted by Gasteiger charge is 2.28. The van der Waals surface area contributed by atoms with E-state index in [0.29, 0.717) is 25.5 Å². The van der Waals surface area contributed by atoms with Crippen molar-refractivity contribution >= 4 is 11.9 Å². The Morgan fingerprint density at radius 1 is 1.00 bits per heavy atom. The van der Waals surface area contributed by atoms with Crippen molar-refractivity contribution in [1.82, 2.24) is 10.2 Å². The van der Waals surface area contributed by atoms with Crippen molar-refractivity contribution in [1.29, 1.82) is 0 Å². The van der Waals surface area contributed by atoms with Crippen molar-refractivity contribution in [2.45, 2.75) is 19.5 Å². The van der Waals surface area contributed by atoms with Crippen LogP contribution in [0.2, 0.25) is 0 Å². The maximum atomic E-state index is 11.7. The number of amides is 1. The first-order chi connectivity index (χ1) is 10.8. The fourth-order valence-electron chi connectivity index (χ4n) is 2.30. The average Bonchev–Trinajstić information content (AvgIpc) is 2.57. The van der Waals surface area contributed by atoms with E-state index < -0.39 is 0 Å². The zero-order chi connectivity index (χ0) is 15.2. The minimum atomic E-state index is 0.132. The van der Waals surface area contributed by atoms with Crippen LogP contribution in [0, 0.1) is 0 Å². The Labute approximate surface area is 130 Å². The minimum Gasteiger partial charge on any atom is -0.352 e. The molecule has 1 amide bonds. The van der Waals surface area contributed by atoms with E-state index >= 15 is 0 Å². The third kappa shape index (κ3) is 3.52. The number of rotatable bonds is 4. The Morgan fingerprint density at radius 2 is 1.64 bits per heavy atom. The summed E-state index contributed by atoms with van der Waals surface area (Å²) in [4.78, 5) is 18.0. The largest absolute Gasteiger partial charge is 0.352 e. The van der Waals surface area contributed by atoms with Gasteiger partial charge in [-0.05, 0) is 11.1 Å². The van der Waals surface area contributed by atoms with E-state index in [1.54, 1.807) is 4.90 Å². The lowest BCUT2D eigenvalue weighted by Crippen LogP contribution is -2.52. The molecule has 1 heterocycles. The second-order valence-electron chi connectivity index (χ2n) is 5.26. The number of benzene rings is 2. The van der Waals surface area contributed by atoms with Gasteiger partial charge < -0.3 is 5.32 Å². The molecule has 22 heavy (non-hydrogen) atoms. The summed E-state index contributed by atoms with van der Waals surface area (Å²) in [6.45, 7) is 1.98. The Morgan fingerprint density at radius 3 is 2.18 bits per heavy atom. The second kappa shape index (κ2) is 6.89. The highest BCUT2D eigenvalue weighted by atomic mass is 16.2. The van der Waals surface area contributed by atoms with Gasteiger partial charge in [0.15, 0.2) is 0 Å². The molecule has 0 spiro atoms. The molecule has 0 aromatic heterocycles. The van der Waals surface area contributed by atoms with Gasteiger partial charge in [0.25, 0.3) is 0 Å². The number of hydrogen-bond acceptors (Lipinski definition) is 2. The standard InChI is InChI=1S/C18H19N3O/c22-17-11-12-21(17)18(19-13-15-7-3-1-4-8-15)20-14-16-9-5-2-6-10-16/h1-10H,11-14H2,(H,19,20). The maximum Gasteiger partial charge on any atom is 0.231 e. The van der Waals surface area contributed by atoms with E-state index in [1.807, 2.05) is 48.5 Å². The normalized spacial score (nSPS) is 14.6. The third-order valence-electron chi connectivity index (χ3n) is 3.65. The molecule has 1 aliphatic heterocycles. The molecule has 2 aromatic rings. The van der Waals surface area contributed by atoms with Crippen LogP contribution in [0.3, 0.4) is 0 Å². The van der Waals surface area contributed by atoms with Gasteiger partial charge in [-0.15, -0.1) is 0 Å². The van der Waals surface area contributed by atoms with Gasteiger partial charge in [0.05, 0.1) is 6.54 Å². The van der Waals surface area contributed by atoms with Gasteiger partial charge in [-0.2, -0.15) is 0 Å². The highest BCUT2D eigenvalue weighted by molar-refractivity contribution is 6.00. The molecule has 0 bridgehead atoms. The van der Waals surface area contributed by atoms with Gasteiger partial charge in [0.2, 0.25) is 11.9 Å². The van der Waals surface area contributed by atoms with Gasteiger partial charge >= 0.3 is 0 Å². The lowest BCUT2D eigenvalue weighted by atomic mass is 10.2. The van der Waals surface area contributed by atoms with Crippen LogP contribution in [-0.4, -0.2) is 23.3 Å². The van der Waals surface area contributed by atoms with Crippen molar-refractivity contribution < 1.29 is 4.79 Å². The molecule has 0 aliphatic carbocycles. The summed E-state index contributed by atoms with van der Waals surface area (Å²) < 4.78 is 0. The predicted molar refractivity (Wildman–Crippen MR) is 87.2 cm³/mol. The van der Waals surface area contributed by atoms with Crippen LogP contribution in [0.4, 0.5) is 0 Å². The first-order valence-electron chi connectivity index (χ1n) is 7.49. The van der Waals surface area contributed by atoms with Gasteiger partial charge in [-0.25, -0.2) is 4.99 Å². The molecule has 3 rings (SSSR count). The van der Waals surface area contributed by atoms with Crippen molar-refractivity contribution in [3.8, 4) is 0 Å². The van der Waals surface area contributed by atoms with Crippen molar-refractivity contribution in [2.75, 3.05) is 6.54 Å². The zero-order valence-corrected chi connectivity index (χ0v) is 12.4. The van der Waals surface area contributed by atoms with E-state index in [2.05, 4.69) is 22.4 Å². The predicted octanol–water partition coefficient (Wildman–Crippen LogP) is 2.56. The van der Waals surface area contributed by atoms with Gasteiger partial charge in [-0.3, -0.25) is 9.69 Å². The van der Waals surface area contributed by atoms with E-state index in [4.69, 9.17) is 0 Å². The fourth-order valence-corrected chi connectivity index (χ4v) is 2.30. The molecule has 112 valence electrons. The molecular weight excluding hydrogens is 274 g/mol. The lowest BCUT2D eigenvalue weighted by Gasteiger charge is -2.32. The van der Waals surface area contributed by atoms with Gasteiger partial charge in [-0.1, -0.05) is 60.7 Å². The molecule has 4 nitrogen and oxygen atoms in total. The number of carbonyl (C=O) groups is 1. The topological polar surface area (TPSA) is 44.7 Å². The fraction of sp³-hybridized carbons (Fsp3) is 0.222. The molecular formula is C18H19N3O. The summed E-state index contributed by atoms with van der Waals surface area (Å²) in [5, 5.41) is 3.29. The molecule has 0 unspecified atom stereocenters. The van der Waals surface area contributed by atoms with E-state index in [0.717, 1.165) is 12.1 Å². The smallest absolute Gasteiger partial charge is 0.231 e. The van der Waals surface area contributed by atoms with Crippen LogP contribution in [0.1, 0.15) is 17.5 Å². The summed E-state index contributed by atoms with van der Waals surface area (Å²) in [6.07, 6.45) is 0.609. The Bertz CT molecular complexity index is 653. The number of hydrogen-bond donors (Lipinski definition) is 1. The second-order valence-corrected chi connectivity index (χ2v) is 5.26. The minimum absolute atomic E-state index is 0.132. The molecule has 1 aliphatic rings. The van der Waals surface area contributed by atoms with Crippen LogP contribution in [0.25, 0.3) is 0 Å². The number of nitrogens with one attached hydrogen (secondary N) is 1. The number of carbonyl (C=O) groups excluding carboxylic acids is 1. The van der Waals surface area contributed by atoms with Crippen LogP contribution >= 0.6 is 0 Å². The highest BCUT2D eigenvalue weighted by Crippen LogP contribution is 2.10. The lowest BCUT2D eigenvalue weighted by molar-refractivity contribution is -0.134. The average molecular weight is 293 g/mol. The van der Waals surface area contributed by atoms with Crippen molar-refractivity contribution in [3.05, 3.63) is 71.8 Å². The zero-order valence-electron chi connectivity index (χ0n) is 12.4. The SMILES string of the molecule is O=C1CCN1/C(=N/Cc1ccccc1)NCc1ccccc1. The van der Waals surface area contributed by atoms with Crippen molar-refractivity contribution in [3.63, 3.8) is 0 Å². The molecule has 0 radical (unpaired) electrons. The molecule has 1 saturated heterocycles. The summed E-state index contributed by atoms with van der Waals surface area (Å²) >= 11 is 0. The summed E-state index contributed by atoms with van der Waals surface area (Å²) in [5.41, 5.74) is 2.30. The van der Waals surface area contributed by atoms with Crippen LogP contribution in [-0.2, 0) is 17.9 Å². The summed E-state index contributed by atoms with van der Waals surface area (Å²) in [5.74, 6) is 0.802. The molecule has 4 heteroatoms. The van der Waals surface area contributed by atoms with Crippen LogP contribution in [0.5, 0.6) is 0 Å². The Balaban J connectivity index is 1.68. The van der Waals surface area contributed by atoms with Crippen molar-refractivity contribution in [2.24, 2.45) is 4.99 Å². The molecule has 0 saturated carbocycles. The van der Waals surface area contributed by atoms with E-state index in [1.165, 1.54) is 5.56 Å². The first kappa shape index (κ1) is 14.3. The number of likely N-dealkylation sites (tertiary alicyclic amines) is 1. The molecule has 1 N–H and O–H groups in total. The molecule has 2 aromatic carbocycles. The maximum absolute atomic E-state index is 11.7. The van der Waals surface area contributed by atoms with Crippen LogP contribution in [0.15, 0.2) is 65.7 Å². The third-order valence-corrected chi connectivity index (χ3v) is 3.65. The van der Waals surface area contributed by atoms with Crippen LogP contribution < -0.4 is 5.32 Å². The van der Waals surface area contributed by atoms with E-state index in [9.17, 15) is 4.79 Å². The summed E-state index contributed by atoms with van der Waals surface area (Å²) in [7, 11) is 0. The number of nitrogens with zero attached hydrogens (tertiary/aromatic N) is 2. The summed E-state index contributed by atoms with van der Waals surface area (Å²) in [6, 6.07) is 20.2. The Hall–Kier alpha value is -2.62. The quantitative estimate of drug-likeness (QED) is 0.535. The number of aliphatic imine (C=N–C) groups is 1. The first-order valence-corrected chi connectivity index (χ1v) is 7.49. The van der Waals surface area contributed by atoms with E-state index in [-0.39, 0.29) is 5.91 Å². The molecule has 0 atom stereocenters.